The molecule has 0 aliphatic carbocycles. The molecule has 23 heavy (non-hydrogen) atoms. The maximum absolute atomic E-state index is 12.4. The predicted octanol–water partition coefficient (Wildman–Crippen LogP) is 3.30. The molecule has 3 heteroatoms. The summed E-state index contributed by atoms with van der Waals surface area (Å²) in [4.78, 5) is 14.4. The summed E-state index contributed by atoms with van der Waals surface area (Å²) in [6.07, 6.45) is 2.97. The van der Waals surface area contributed by atoms with Crippen LogP contribution in [-0.4, -0.2) is 37.0 Å². The quantitative estimate of drug-likeness (QED) is 0.925. The van der Waals surface area contributed by atoms with Gasteiger partial charge in [-0.05, 0) is 60.4 Å². The molecular formula is C20H30N2O. The Morgan fingerprint density at radius 1 is 1.22 bits per heavy atom. The Morgan fingerprint density at radius 3 is 2.52 bits per heavy atom. The second kappa shape index (κ2) is 7.04. The predicted molar refractivity (Wildman–Crippen MR) is 94.8 cm³/mol. The largest absolute Gasteiger partial charge is 0.342 e. The van der Waals surface area contributed by atoms with Crippen LogP contribution in [-0.2, 0) is 11.2 Å². The van der Waals surface area contributed by atoms with Gasteiger partial charge >= 0.3 is 0 Å². The zero-order valence-electron chi connectivity index (χ0n) is 14.8. The molecule has 2 aliphatic heterocycles. The molecule has 2 heterocycles. The van der Waals surface area contributed by atoms with E-state index in [-0.39, 0.29) is 0 Å². The highest BCUT2D eigenvalue weighted by Crippen LogP contribution is 2.29. The highest BCUT2D eigenvalue weighted by Gasteiger charge is 2.27. The van der Waals surface area contributed by atoms with Crippen molar-refractivity contribution in [2.75, 3.05) is 26.2 Å². The number of hydrogen-bond acceptors (Lipinski definition) is 2. The first-order valence-corrected chi connectivity index (χ1v) is 9.15. The van der Waals surface area contributed by atoms with Gasteiger partial charge in [-0.1, -0.05) is 39.0 Å². The SMILES string of the molecule is CC1CN(C(=O)Cc2cc(C(C)C)cc(C3CCNCC3)c2)C1. The Bertz CT molecular complexity index is 555. The molecule has 0 saturated carbocycles. The van der Waals surface area contributed by atoms with Gasteiger partial charge in [0.05, 0.1) is 6.42 Å². The molecule has 2 aliphatic rings. The zero-order valence-corrected chi connectivity index (χ0v) is 14.8. The molecule has 2 saturated heterocycles. The van der Waals surface area contributed by atoms with Crippen LogP contribution >= 0.6 is 0 Å². The van der Waals surface area contributed by atoms with Crippen molar-refractivity contribution in [1.82, 2.24) is 10.2 Å². The number of nitrogens with one attached hydrogen (secondary N) is 1. The van der Waals surface area contributed by atoms with Crippen molar-refractivity contribution < 1.29 is 4.79 Å². The molecule has 1 aromatic carbocycles. The lowest BCUT2D eigenvalue weighted by atomic mass is 9.86. The average molecular weight is 314 g/mol. The van der Waals surface area contributed by atoms with Gasteiger partial charge in [0.2, 0.25) is 5.91 Å². The van der Waals surface area contributed by atoms with Gasteiger partial charge in [-0.25, -0.2) is 0 Å². The van der Waals surface area contributed by atoms with Crippen LogP contribution in [0.25, 0.3) is 0 Å². The van der Waals surface area contributed by atoms with E-state index in [0.29, 0.717) is 30.1 Å². The van der Waals surface area contributed by atoms with E-state index in [9.17, 15) is 4.79 Å². The number of amides is 1. The van der Waals surface area contributed by atoms with E-state index >= 15 is 0 Å². The number of nitrogens with zero attached hydrogens (tertiary/aromatic N) is 1. The third kappa shape index (κ3) is 3.95. The molecule has 1 aromatic rings. The Morgan fingerprint density at radius 2 is 1.91 bits per heavy atom. The van der Waals surface area contributed by atoms with Crippen LogP contribution in [0.15, 0.2) is 18.2 Å². The molecule has 3 nitrogen and oxygen atoms in total. The second-order valence-electron chi connectivity index (χ2n) is 7.77. The first kappa shape index (κ1) is 16.5. The van der Waals surface area contributed by atoms with Gasteiger partial charge in [0.15, 0.2) is 0 Å². The summed E-state index contributed by atoms with van der Waals surface area (Å²) in [6.45, 7) is 10.8. The maximum atomic E-state index is 12.4. The molecular weight excluding hydrogens is 284 g/mol. The van der Waals surface area contributed by atoms with Crippen molar-refractivity contribution in [2.24, 2.45) is 5.92 Å². The first-order valence-electron chi connectivity index (χ1n) is 9.15. The second-order valence-corrected chi connectivity index (χ2v) is 7.77. The van der Waals surface area contributed by atoms with Crippen LogP contribution in [0.3, 0.4) is 0 Å². The monoisotopic (exact) mass is 314 g/mol. The molecule has 0 radical (unpaired) electrons. The van der Waals surface area contributed by atoms with Crippen molar-refractivity contribution in [3.8, 4) is 0 Å². The molecule has 3 rings (SSSR count). The number of carbonyl (C=O) groups excluding carboxylic acids is 1. The Hall–Kier alpha value is -1.35. The fourth-order valence-corrected chi connectivity index (χ4v) is 3.76. The molecule has 0 unspecified atom stereocenters. The summed E-state index contributed by atoms with van der Waals surface area (Å²) < 4.78 is 0. The van der Waals surface area contributed by atoms with E-state index in [1.807, 2.05) is 4.90 Å². The third-order valence-electron chi connectivity index (χ3n) is 5.29. The van der Waals surface area contributed by atoms with Gasteiger partial charge in [-0.15, -0.1) is 0 Å². The van der Waals surface area contributed by atoms with Crippen LogP contribution in [0.2, 0.25) is 0 Å². The van der Waals surface area contributed by atoms with E-state index in [1.165, 1.54) is 29.5 Å². The van der Waals surface area contributed by atoms with Crippen molar-refractivity contribution in [2.45, 2.75) is 51.9 Å². The summed E-state index contributed by atoms with van der Waals surface area (Å²) in [5.41, 5.74) is 4.02. The highest BCUT2D eigenvalue weighted by molar-refractivity contribution is 5.79. The van der Waals surface area contributed by atoms with Crippen molar-refractivity contribution in [1.29, 1.82) is 0 Å². The lowest BCUT2D eigenvalue weighted by molar-refractivity contribution is -0.136. The van der Waals surface area contributed by atoms with Crippen molar-refractivity contribution in [3.05, 3.63) is 34.9 Å². The molecule has 0 atom stereocenters. The standard InChI is InChI=1S/C20H30N2O/c1-14(2)18-8-16(10-20(23)22-12-15(3)13-22)9-19(11-18)17-4-6-21-7-5-17/h8-9,11,14-15,17,21H,4-7,10,12-13H2,1-3H3. The van der Waals surface area contributed by atoms with Crippen LogP contribution < -0.4 is 5.32 Å². The number of carbonyl (C=O) groups is 1. The van der Waals surface area contributed by atoms with E-state index in [2.05, 4.69) is 44.3 Å². The minimum absolute atomic E-state index is 0.292. The Balaban J connectivity index is 1.77. The Kier molecular flexibility index (Phi) is 5.05. The van der Waals surface area contributed by atoms with E-state index in [1.54, 1.807) is 0 Å². The number of benzene rings is 1. The fraction of sp³-hybridized carbons (Fsp3) is 0.650. The van der Waals surface area contributed by atoms with Crippen molar-refractivity contribution in [3.63, 3.8) is 0 Å². The normalized spacial score (nSPS) is 19.9. The zero-order chi connectivity index (χ0) is 16.4. The van der Waals surface area contributed by atoms with Gasteiger partial charge in [0.1, 0.15) is 0 Å². The topological polar surface area (TPSA) is 32.3 Å². The van der Waals surface area contributed by atoms with Gasteiger partial charge in [-0.2, -0.15) is 0 Å². The van der Waals surface area contributed by atoms with Crippen LogP contribution in [0.4, 0.5) is 0 Å². The summed E-state index contributed by atoms with van der Waals surface area (Å²) in [5.74, 6) is 2.12. The van der Waals surface area contributed by atoms with E-state index in [4.69, 9.17) is 0 Å². The van der Waals surface area contributed by atoms with Crippen molar-refractivity contribution >= 4 is 5.91 Å². The van der Waals surface area contributed by atoms with E-state index < -0.39 is 0 Å². The minimum Gasteiger partial charge on any atom is -0.342 e. The highest BCUT2D eigenvalue weighted by atomic mass is 16.2. The number of likely N-dealkylation sites (tertiary alicyclic amines) is 1. The van der Waals surface area contributed by atoms with Gasteiger partial charge in [0.25, 0.3) is 0 Å². The summed E-state index contributed by atoms with van der Waals surface area (Å²) in [7, 11) is 0. The fourth-order valence-electron chi connectivity index (χ4n) is 3.76. The van der Waals surface area contributed by atoms with Crippen LogP contribution in [0, 0.1) is 5.92 Å². The summed E-state index contributed by atoms with van der Waals surface area (Å²) >= 11 is 0. The molecule has 0 bridgehead atoms. The summed E-state index contributed by atoms with van der Waals surface area (Å²) in [5, 5.41) is 3.44. The number of piperidine rings is 1. The Labute approximate surface area is 140 Å². The van der Waals surface area contributed by atoms with Crippen LogP contribution in [0.1, 0.15) is 62.1 Å². The smallest absolute Gasteiger partial charge is 0.227 e. The molecule has 1 N–H and O–H groups in total. The average Bonchev–Trinajstić information content (AvgIpc) is 2.52. The van der Waals surface area contributed by atoms with E-state index in [0.717, 1.165) is 26.2 Å². The third-order valence-corrected chi connectivity index (χ3v) is 5.29. The van der Waals surface area contributed by atoms with Gasteiger partial charge in [-0.3, -0.25) is 4.79 Å². The lowest BCUT2D eigenvalue weighted by Crippen LogP contribution is -2.49. The van der Waals surface area contributed by atoms with Crippen LogP contribution in [0.5, 0.6) is 0 Å². The molecule has 126 valence electrons. The molecule has 0 aromatic heterocycles. The lowest BCUT2D eigenvalue weighted by Gasteiger charge is -2.37. The van der Waals surface area contributed by atoms with Gasteiger partial charge in [0, 0.05) is 13.1 Å². The molecule has 0 spiro atoms. The number of hydrogen-bond donors (Lipinski definition) is 1. The molecule has 2 fully saturated rings. The first-order chi connectivity index (χ1) is 11.0. The maximum Gasteiger partial charge on any atom is 0.227 e. The number of rotatable bonds is 4. The minimum atomic E-state index is 0.292. The molecule has 1 amide bonds. The summed E-state index contributed by atoms with van der Waals surface area (Å²) in [6, 6.07) is 6.92. The van der Waals surface area contributed by atoms with Gasteiger partial charge < -0.3 is 10.2 Å².